The summed E-state index contributed by atoms with van der Waals surface area (Å²) in [6, 6.07) is 55.4. The van der Waals surface area contributed by atoms with Crippen LogP contribution in [0.5, 0.6) is 0 Å². The molecule has 0 bridgehead atoms. The van der Waals surface area contributed by atoms with E-state index >= 15 is 0 Å². The molecule has 3 heterocycles. The molecule has 9 aromatic rings. The molecule has 0 fully saturated rings. The Kier molecular flexibility index (Phi) is 6.74. The number of nitriles is 1. The molecule has 11 rings (SSSR count). The van der Waals surface area contributed by atoms with Gasteiger partial charge in [-0.15, -0.1) is 0 Å². The highest BCUT2D eigenvalue weighted by molar-refractivity contribution is 6.13. The maximum absolute atomic E-state index is 10.9. The summed E-state index contributed by atoms with van der Waals surface area (Å²) in [5, 5.41) is 15.4. The van der Waals surface area contributed by atoms with Gasteiger partial charge in [-0.2, -0.15) is 5.26 Å². The van der Waals surface area contributed by atoms with E-state index in [1.165, 1.54) is 16.3 Å². The molecule has 2 aromatic heterocycles. The normalized spacial score (nSPS) is 15.8. The zero-order valence-electron chi connectivity index (χ0n) is 29.6. The van der Waals surface area contributed by atoms with Crippen LogP contribution < -0.4 is 4.90 Å². The minimum atomic E-state index is 0.146. The molecule has 0 radical (unpaired) electrons. The number of aromatic nitrogens is 2. The first-order chi connectivity index (χ1) is 27.2. The van der Waals surface area contributed by atoms with E-state index < -0.39 is 0 Å². The molecule has 2 unspecified atom stereocenters. The lowest BCUT2D eigenvalue weighted by Gasteiger charge is -2.28. The van der Waals surface area contributed by atoms with E-state index in [4.69, 9.17) is 6.57 Å². The Hall–Kier alpha value is -7.60. The monoisotopic (exact) mass is 701 g/mol. The number of rotatable bonds is 4. The maximum Gasteiger partial charge on any atom is 0.197 e. The van der Waals surface area contributed by atoms with Crippen LogP contribution in [0.4, 0.5) is 17.1 Å². The van der Waals surface area contributed by atoms with Crippen molar-refractivity contribution in [2.45, 2.75) is 12.0 Å². The molecule has 0 saturated heterocycles. The molecule has 0 amide bonds. The first kappa shape index (κ1) is 31.0. The average Bonchev–Trinajstić information content (AvgIpc) is 3.88. The number of allylic oxidation sites excluding steroid dienone is 2. The van der Waals surface area contributed by atoms with Crippen molar-refractivity contribution in [3.8, 4) is 28.6 Å². The second-order valence-electron chi connectivity index (χ2n) is 14.3. The largest absolute Gasteiger partial charge is 0.333 e. The van der Waals surface area contributed by atoms with Crippen molar-refractivity contribution in [1.29, 1.82) is 5.26 Å². The Balaban J connectivity index is 1.21. The lowest BCUT2D eigenvalue weighted by atomic mass is 9.90. The van der Waals surface area contributed by atoms with Crippen LogP contribution in [-0.2, 0) is 0 Å². The van der Waals surface area contributed by atoms with Gasteiger partial charge in [0.25, 0.3) is 0 Å². The molecule has 0 saturated carbocycles. The summed E-state index contributed by atoms with van der Waals surface area (Å²) in [5.41, 5.74) is 12.1. The van der Waals surface area contributed by atoms with Crippen LogP contribution in [0.25, 0.3) is 71.0 Å². The fourth-order valence-electron chi connectivity index (χ4n) is 9.21. The molecule has 0 spiro atoms. The van der Waals surface area contributed by atoms with Gasteiger partial charge in [0.05, 0.1) is 45.9 Å². The van der Waals surface area contributed by atoms with Gasteiger partial charge in [0, 0.05) is 50.1 Å². The summed E-state index contributed by atoms with van der Waals surface area (Å²) in [6.45, 7) is 8.44. The third-order valence-corrected chi connectivity index (χ3v) is 11.5. The molecule has 55 heavy (non-hydrogen) atoms. The van der Waals surface area contributed by atoms with Crippen molar-refractivity contribution in [2.24, 2.45) is 0 Å². The van der Waals surface area contributed by atoms with E-state index in [2.05, 4.69) is 189 Å². The molecule has 1 aliphatic carbocycles. The molecule has 1 aliphatic heterocycles. The van der Waals surface area contributed by atoms with E-state index in [0.717, 1.165) is 61.0 Å². The Morgan fingerprint density at radius 1 is 0.564 bits per heavy atom. The van der Waals surface area contributed by atoms with Crippen molar-refractivity contribution in [1.82, 2.24) is 9.13 Å². The van der Waals surface area contributed by atoms with Gasteiger partial charge in [-0.25, -0.2) is 4.85 Å². The first-order valence-corrected chi connectivity index (χ1v) is 18.5. The summed E-state index contributed by atoms with van der Waals surface area (Å²) in [7, 11) is 0. The smallest absolute Gasteiger partial charge is 0.197 e. The molecular formula is C50H31N5. The Morgan fingerprint density at radius 3 is 1.91 bits per heavy atom. The third-order valence-electron chi connectivity index (χ3n) is 11.5. The number of benzene rings is 7. The fourth-order valence-corrected chi connectivity index (χ4v) is 9.21. The van der Waals surface area contributed by atoms with E-state index in [9.17, 15) is 5.26 Å². The zero-order chi connectivity index (χ0) is 36.6. The molecule has 5 nitrogen and oxygen atoms in total. The molecule has 256 valence electrons. The van der Waals surface area contributed by atoms with Crippen LogP contribution in [0.3, 0.4) is 0 Å². The van der Waals surface area contributed by atoms with E-state index in [1.807, 2.05) is 0 Å². The minimum absolute atomic E-state index is 0.146. The molecule has 7 aromatic carbocycles. The topological polar surface area (TPSA) is 41.2 Å². The zero-order valence-corrected chi connectivity index (χ0v) is 29.6. The van der Waals surface area contributed by atoms with Gasteiger partial charge in [0.2, 0.25) is 0 Å². The van der Waals surface area contributed by atoms with Crippen LogP contribution in [0, 0.1) is 17.9 Å². The van der Waals surface area contributed by atoms with Crippen LogP contribution in [-0.4, -0.2) is 15.2 Å². The standard InChI is InChI=1S/C50H31N5/c1-52-42-27-26-33(31-51)50(49(42)32-14-13-17-35(28-32)54-43-22-9-5-18-36(43)37-19-6-10-23-44(37)54)55-46-25-12-8-21-39(46)41-29-40-38-20-7-11-24-45(38)53(47(40)30-48(41)55)34-15-3-2-4-16-34/h2-30,38,45H. The second-order valence-corrected chi connectivity index (χ2v) is 14.3. The van der Waals surface area contributed by atoms with Crippen LogP contribution in [0.1, 0.15) is 17.0 Å². The van der Waals surface area contributed by atoms with Gasteiger partial charge < -0.3 is 14.0 Å². The summed E-state index contributed by atoms with van der Waals surface area (Å²) in [4.78, 5) is 6.54. The summed E-state index contributed by atoms with van der Waals surface area (Å²) >= 11 is 0. The average molecular weight is 702 g/mol. The molecular weight excluding hydrogens is 671 g/mol. The maximum atomic E-state index is 10.9. The summed E-state index contributed by atoms with van der Waals surface area (Å²) in [6.07, 6.45) is 8.91. The van der Waals surface area contributed by atoms with Gasteiger partial charge >= 0.3 is 0 Å². The highest BCUT2D eigenvalue weighted by Gasteiger charge is 2.38. The molecule has 2 atom stereocenters. The molecule has 0 N–H and O–H groups in total. The number of nitrogens with zero attached hydrogens (tertiary/aromatic N) is 5. The van der Waals surface area contributed by atoms with Crippen molar-refractivity contribution >= 4 is 60.7 Å². The quantitative estimate of drug-likeness (QED) is 0.171. The van der Waals surface area contributed by atoms with Gasteiger partial charge in [0.15, 0.2) is 5.69 Å². The van der Waals surface area contributed by atoms with Gasteiger partial charge in [-0.3, -0.25) is 0 Å². The summed E-state index contributed by atoms with van der Waals surface area (Å²) in [5.74, 6) is 0.200. The first-order valence-electron chi connectivity index (χ1n) is 18.5. The van der Waals surface area contributed by atoms with Crippen molar-refractivity contribution < 1.29 is 0 Å². The summed E-state index contributed by atoms with van der Waals surface area (Å²) < 4.78 is 4.53. The van der Waals surface area contributed by atoms with Crippen molar-refractivity contribution in [3.63, 3.8) is 0 Å². The molecule has 2 aliphatic rings. The minimum Gasteiger partial charge on any atom is -0.333 e. The van der Waals surface area contributed by atoms with E-state index in [1.54, 1.807) is 12.1 Å². The van der Waals surface area contributed by atoms with Gasteiger partial charge in [-0.1, -0.05) is 121 Å². The Bertz CT molecular complexity index is 3150. The van der Waals surface area contributed by atoms with Gasteiger partial charge in [0.1, 0.15) is 6.07 Å². The van der Waals surface area contributed by atoms with Crippen LogP contribution >= 0.6 is 0 Å². The van der Waals surface area contributed by atoms with Crippen molar-refractivity contribution in [2.75, 3.05) is 4.90 Å². The van der Waals surface area contributed by atoms with E-state index in [0.29, 0.717) is 16.9 Å². The van der Waals surface area contributed by atoms with Crippen molar-refractivity contribution in [3.05, 3.63) is 199 Å². The SMILES string of the molecule is [C-]#[N+]c1ccc(C#N)c(-n2c3ccccc3c3cc4c(cc32)N(c2ccccc2)C2C=CC=CC42)c1-c1cccc(-n2c3ccccc3c3ccccc32)c1. The van der Waals surface area contributed by atoms with E-state index in [-0.39, 0.29) is 12.0 Å². The second kappa shape index (κ2) is 12.0. The van der Waals surface area contributed by atoms with Crippen LogP contribution in [0.2, 0.25) is 0 Å². The number of hydrogen-bond donors (Lipinski definition) is 0. The fraction of sp³-hybridized carbons (Fsp3) is 0.0400. The third kappa shape index (κ3) is 4.45. The van der Waals surface area contributed by atoms with Gasteiger partial charge in [-0.05, 0) is 65.7 Å². The lowest BCUT2D eigenvalue weighted by Crippen LogP contribution is -2.28. The lowest BCUT2D eigenvalue weighted by molar-refractivity contribution is 0.745. The number of fused-ring (bicyclic) bond motifs is 9. The van der Waals surface area contributed by atoms with Crippen LogP contribution in [0.15, 0.2) is 176 Å². The highest BCUT2D eigenvalue weighted by Crippen LogP contribution is 2.51. The number of hydrogen-bond acceptors (Lipinski definition) is 2. The molecule has 5 heteroatoms. The Labute approximate surface area is 318 Å². The predicted molar refractivity (Wildman–Crippen MR) is 225 cm³/mol. The number of anilines is 2. The number of para-hydroxylation sites is 4. The predicted octanol–water partition coefficient (Wildman–Crippen LogP) is 12.7. The highest BCUT2D eigenvalue weighted by atomic mass is 15.2. The Morgan fingerprint density at radius 2 is 1.20 bits per heavy atom.